The smallest absolute Gasteiger partial charge is 0.241 e. The summed E-state index contributed by atoms with van der Waals surface area (Å²) < 4.78 is 0.804. The van der Waals surface area contributed by atoms with E-state index in [0.29, 0.717) is 6.54 Å². The molecule has 1 amide bonds. The second-order valence-corrected chi connectivity index (χ2v) is 5.79. The number of hydrogen-bond donors (Lipinski definition) is 1. The van der Waals surface area contributed by atoms with E-state index in [-0.39, 0.29) is 5.91 Å². The molecule has 0 fully saturated rings. The topological polar surface area (TPSA) is 61.4 Å². The molecule has 118 valence electrons. The first kappa shape index (κ1) is 17.7. The normalized spacial score (nSPS) is 10.3. The SMILES string of the molecule is CCCNc1ncnc(N(CCC)CC(=O)N(C)C)c1Br. The summed E-state index contributed by atoms with van der Waals surface area (Å²) in [4.78, 5) is 24.1. The molecule has 0 aromatic carbocycles. The molecular formula is C14H24BrN5O. The van der Waals surface area contributed by atoms with Gasteiger partial charge >= 0.3 is 0 Å². The largest absolute Gasteiger partial charge is 0.369 e. The lowest BCUT2D eigenvalue weighted by Crippen LogP contribution is -2.37. The Morgan fingerprint density at radius 2 is 2.00 bits per heavy atom. The van der Waals surface area contributed by atoms with Crippen molar-refractivity contribution in [1.29, 1.82) is 0 Å². The Morgan fingerprint density at radius 1 is 1.29 bits per heavy atom. The van der Waals surface area contributed by atoms with Crippen LogP contribution in [0.4, 0.5) is 11.6 Å². The average molecular weight is 358 g/mol. The second-order valence-electron chi connectivity index (χ2n) is 5.00. The zero-order valence-corrected chi connectivity index (χ0v) is 14.8. The van der Waals surface area contributed by atoms with Crippen LogP contribution < -0.4 is 10.2 Å². The van der Waals surface area contributed by atoms with Gasteiger partial charge in [0.05, 0.1) is 6.54 Å². The first-order chi connectivity index (χ1) is 10.0. The van der Waals surface area contributed by atoms with Gasteiger partial charge in [0.15, 0.2) is 0 Å². The zero-order chi connectivity index (χ0) is 15.8. The number of carbonyl (C=O) groups excluding carboxylic acids is 1. The van der Waals surface area contributed by atoms with Crippen LogP contribution in [0.1, 0.15) is 26.7 Å². The summed E-state index contributed by atoms with van der Waals surface area (Å²) in [6, 6.07) is 0. The van der Waals surface area contributed by atoms with Gasteiger partial charge < -0.3 is 15.1 Å². The van der Waals surface area contributed by atoms with E-state index in [2.05, 4.69) is 45.1 Å². The summed E-state index contributed by atoms with van der Waals surface area (Å²) >= 11 is 3.55. The van der Waals surface area contributed by atoms with Crippen LogP contribution in [-0.4, -0.2) is 54.5 Å². The highest BCUT2D eigenvalue weighted by Crippen LogP contribution is 2.29. The number of likely N-dealkylation sites (N-methyl/N-ethyl adjacent to an activating group) is 1. The number of nitrogens with one attached hydrogen (secondary N) is 1. The molecule has 0 radical (unpaired) electrons. The van der Waals surface area contributed by atoms with Crippen LogP contribution in [0, 0.1) is 0 Å². The predicted octanol–water partition coefficient (Wildman–Crippen LogP) is 2.37. The van der Waals surface area contributed by atoms with Gasteiger partial charge in [0.1, 0.15) is 22.4 Å². The van der Waals surface area contributed by atoms with E-state index in [1.807, 2.05) is 4.90 Å². The highest BCUT2D eigenvalue weighted by Gasteiger charge is 2.18. The van der Waals surface area contributed by atoms with E-state index in [9.17, 15) is 4.79 Å². The summed E-state index contributed by atoms with van der Waals surface area (Å²) in [5.41, 5.74) is 0. The fourth-order valence-electron chi connectivity index (χ4n) is 1.78. The van der Waals surface area contributed by atoms with Crippen molar-refractivity contribution in [3.63, 3.8) is 0 Å². The first-order valence-electron chi connectivity index (χ1n) is 7.20. The third kappa shape index (κ3) is 5.15. The number of anilines is 2. The highest BCUT2D eigenvalue weighted by molar-refractivity contribution is 9.10. The number of carbonyl (C=O) groups is 1. The van der Waals surface area contributed by atoms with Crippen LogP contribution in [0.5, 0.6) is 0 Å². The number of nitrogens with zero attached hydrogens (tertiary/aromatic N) is 4. The summed E-state index contributed by atoms with van der Waals surface area (Å²) in [6.07, 6.45) is 3.49. The van der Waals surface area contributed by atoms with Crippen molar-refractivity contribution in [2.24, 2.45) is 0 Å². The van der Waals surface area contributed by atoms with Crippen LogP contribution in [0.2, 0.25) is 0 Å². The molecule has 1 rings (SSSR count). The van der Waals surface area contributed by atoms with Gasteiger partial charge in [0.25, 0.3) is 0 Å². The fraction of sp³-hybridized carbons (Fsp3) is 0.643. The molecule has 0 aliphatic carbocycles. The van der Waals surface area contributed by atoms with E-state index < -0.39 is 0 Å². The predicted molar refractivity (Wildman–Crippen MR) is 89.7 cm³/mol. The average Bonchev–Trinajstić information content (AvgIpc) is 2.45. The molecule has 0 saturated carbocycles. The van der Waals surface area contributed by atoms with Crippen molar-refractivity contribution in [2.45, 2.75) is 26.7 Å². The van der Waals surface area contributed by atoms with E-state index in [0.717, 1.165) is 42.0 Å². The maximum absolute atomic E-state index is 12.0. The van der Waals surface area contributed by atoms with E-state index >= 15 is 0 Å². The first-order valence-corrected chi connectivity index (χ1v) is 8.00. The van der Waals surface area contributed by atoms with Gasteiger partial charge in [-0.05, 0) is 28.8 Å². The molecule has 7 heteroatoms. The fourth-order valence-corrected chi connectivity index (χ4v) is 2.38. The maximum atomic E-state index is 12.0. The minimum absolute atomic E-state index is 0.0528. The molecule has 1 N–H and O–H groups in total. The quantitative estimate of drug-likeness (QED) is 0.773. The van der Waals surface area contributed by atoms with Crippen LogP contribution in [0.3, 0.4) is 0 Å². The number of aromatic nitrogens is 2. The molecule has 1 aromatic rings. The molecule has 21 heavy (non-hydrogen) atoms. The summed E-state index contributed by atoms with van der Waals surface area (Å²) in [7, 11) is 3.52. The lowest BCUT2D eigenvalue weighted by atomic mass is 10.3. The van der Waals surface area contributed by atoms with Crippen molar-refractivity contribution in [2.75, 3.05) is 43.9 Å². The molecule has 0 aliphatic heterocycles. The van der Waals surface area contributed by atoms with Gasteiger partial charge in [0, 0.05) is 27.2 Å². The standard InChI is InChI=1S/C14H24BrN5O/c1-5-7-16-13-12(15)14(18-10-17-13)20(8-6-2)9-11(21)19(3)4/h10H,5-9H2,1-4H3,(H,16,17,18). The molecule has 0 aliphatic rings. The molecule has 0 spiro atoms. The Morgan fingerprint density at radius 3 is 2.57 bits per heavy atom. The third-order valence-corrected chi connectivity index (χ3v) is 3.66. The van der Waals surface area contributed by atoms with Gasteiger partial charge in [-0.2, -0.15) is 0 Å². The van der Waals surface area contributed by atoms with E-state index in [1.165, 1.54) is 6.33 Å². The second kappa shape index (κ2) is 8.81. The number of rotatable bonds is 8. The third-order valence-electron chi connectivity index (χ3n) is 2.93. The number of halogens is 1. The Labute approximate surface area is 135 Å². The molecular weight excluding hydrogens is 334 g/mol. The van der Waals surface area contributed by atoms with Crippen LogP contribution >= 0.6 is 15.9 Å². The summed E-state index contributed by atoms with van der Waals surface area (Å²) in [5, 5.41) is 3.26. The van der Waals surface area contributed by atoms with E-state index in [1.54, 1.807) is 19.0 Å². The molecule has 1 heterocycles. The van der Waals surface area contributed by atoms with Gasteiger partial charge in [-0.15, -0.1) is 0 Å². The van der Waals surface area contributed by atoms with Crippen molar-refractivity contribution in [3.8, 4) is 0 Å². The Bertz CT molecular complexity index is 467. The number of hydrogen-bond acceptors (Lipinski definition) is 5. The van der Waals surface area contributed by atoms with Crippen molar-refractivity contribution >= 4 is 33.5 Å². The van der Waals surface area contributed by atoms with Gasteiger partial charge in [-0.1, -0.05) is 13.8 Å². The lowest BCUT2D eigenvalue weighted by Gasteiger charge is -2.25. The minimum atomic E-state index is 0.0528. The van der Waals surface area contributed by atoms with Crippen LogP contribution in [-0.2, 0) is 4.79 Å². The van der Waals surface area contributed by atoms with Crippen molar-refractivity contribution < 1.29 is 4.79 Å². The molecule has 6 nitrogen and oxygen atoms in total. The lowest BCUT2D eigenvalue weighted by molar-refractivity contribution is -0.127. The van der Waals surface area contributed by atoms with Crippen molar-refractivity contribution in [1.82, 2.24) is 14.9 Å². The number of amides is 1. The molecule has 0 saturated heterocycles. The Balaban J connectivity index is 2.99. The Kier molecular flexibility index (Phi) is 7.42. The van der Waals surface area contributed by atoms with Crippen molar-refractivity contribution in [3.05, 3.63) is 10.8 Å². The maximum Gasteiger partial charge on any atom is 0.241 e. The monoisotopic (exact) mass is 357 g/mol. The van der Waals surface area contributed by atoms with Gasteiger partial charge in [-0.25, -0.2) is 9.97 Å². The Hall–Kier alpha value is -1.37. The van der Waals surface area contributed by atoms with Crippen LogP contribution in [0.25, 0.3) is 0 Å². The molecule has 0 unspecified atom stereocenters. The summed E-state index contributed by atoms with van der Waals surface area (Å²) in [6.45, 7) is 6.10. The molecule has 0 bridgehead atoms. The summed E-state index contributed by atoms with van der Waals surface area (Å²) in [5.74, 6) is 1.57. The van der Waals surface area contributed by atoms with Gasteiger partial charge in [0.2, 0.25) is 5.91 Å². The zero-order valence-electron chi connectivity index (χ0n) is 13.2. The minimum Gasteiger partial charge on any atom is -0.369 e. The highest BCUT2D eigenvalue weighted by atomic mass is 79.9. The van der Waals surface area contributed by atoms with Crippen LogP contribution in [0.15, 0.2) is 10.8 Å². The molecule has 1 aromatic heterocycles. The molecule has 0 atom stereocenters. The van der Waals surface area contributed by atoms with E-state index in [4.69, 9.17) is 0 Å². The van der Waals surface area contributed by atoms with Gasteiger partial charge in [-0.3, -0.25) is 4.79 Å².